The van der Waals surface area contributed by atoms with Gasteiger partial charge < -0.3 is 4.79 Å². The van der Waals surface area contributed by atoms with E-state index in [1.807, 2.05) is 6.08 Å². The summed E-state index contributed by atoms with van der Waals surface area (Å²) in [5.41, 5.74) is 0.381. The highest BCUT2D eigenvalue weighted by Crippen LogP contribution is 2.63. The van der Waals surface area contributed by atoms with E-state index in [-0.39, 0.29) is 0 Å². The molecule has 1 aliphatic carbocycles. The fraction of sp³-hybridized carbons (Fsp3) is 0.667. The number of carbonyl (C=O) groups is 1. The first-order valence-corrected chi connectivity index (χ1v) is 6.28. The first-order chi connectivity index (χ1) is 7.56. The Morgan fingerprint density at radius 2 is 2.31 bits per heavy atom. The summed E-state index contributed by atoms with van der Waals surface area (Å²) < 4.78 is 0. The van der Waals surface area contributed by atoms with Crippen molar-refractivity contribution in [2.45, 2.75) is 46.5 Å². The minimum absolute atomic E-state index is 0.316. The standard InChI is InChI=1S/C15H24O/c1-5-7-9-15(11-14(15)8-6-2)12(3)10-13(4)16/h5-7,12,14H,2,8-11H2,1,3-4H3. The molecule has 0 bridgehead atoms. The molecule has 1 saturated carbocycles. The van der Waals surface area contributed by atoms with Crippen molar-refractivity contribution in [3.63, 3.8) is 0 Å². The van der Waals surface area contributed by atoms with E-state index >= 15 is 0 Å². The van der Waals surface area contributed by atoms with E-state index < -0.39 is 0 Å². The van der Waals surface area contributed by atoms with Crippen molar-refractivity contribution in [3.05, 3.63) is 24.8 Å². The second kappa shape index (κ2) is 5.47. The maximum absolute atomic E-state index is 11.2. The third-order valence-electron chi connectivity index (χ3n) is 4.04. The first kappa shape index (κ1) is 13.2. The highest BCUT2D eigenvalue weighted by atomic mass is 16.1. The van der Waals surface area contributed by atoms with Crippen LogP contribution in [0.5, 0.6) is 0 Å². The summed E-state index contributed by atoms with van der Waals surface area (Å²) in [6.45, 7) is 9.82. The molecule has 0 N–H and O–H groups in total. The number of ketones is 1. The Bertz CT molecular complexity index is 290. The molecule has 3 unspecified atom stereocenters. The smallest absolute Gasteiger partial charge is 0.130 e. The molecule has 16 heavy (non-hydrogen) atoms. The molecule has 0 aliphatic heterocycles. The monoisotopic (exact) mass is 220 g/mol. The zero-order chi connectivity index (χ0) is 12.2. The lowest BCUT2D eigenvalue weighted by molar-refractivity contribution is -0.118. The van der Waals surface area contributed by atoms with Crippen LogP contribution in [0.4, 0.5) is 0 Å². The van der Waals surface area contributed by atoms with Crippen molar-refractivity contribution in [3.8, 4) is 0 Å². The number of hydrogen-bond donors (Lipinski definition) is 0. The lowest BCUT2D eigenvalue weighted by Gasteiger charge is -2.23. The average molecular weight is 220 g/mol. The van der Waals surface area contributed by atoms with Crippen LogP contribution in [-0.4, -0.2) is 5.78 Å². The largest absolute Gasteiger partial charge is 0.300 e. The van der Waals surface area contributed by atoms with Crippen LogP contribution in [0.1, 0.15) is 46.5 Å². The predicted molar refractivity (Wildman–Crippen MR) is 69.2 cm³/mol. The zero-order valence-corrected chi connectivity index (χ0v) is 10.8. The Kier molecular flexibility index (Phi) is 4.52. The normalized spacial score (nSPS) is 30.3. The maximum atomic E-state index is 11.2. The number of hydrogen-bond acceptors (Lipinski definition) is 1. The highest BCUT2D eigenvalue weighted by Gasteiger charge is 2.55. The summed E-state index contributed by atoms with van der Waals surface area (Å²) in [6.07, 6.45) is 10.6. The lowest BCUT2D eigenvalue weighted by Crippen LogP contribution is -2.17. The van der Waals surface area contributed by atoms with Gasteiger partial charge in [-0.2, -0.15) is 0 Å². The molecule has 1 fully saturated rings. The predicted octanol–water partition coefficient (Wildman–Crippen LogP) is 4.15. The number of carbonyl (C=O) groups excluding carboxylic acids is 1. The molecule has 0 amide bonds. The molecule has 1 heteroatoms. The van der Waals surface area contributed by atoms with Crippen molar-refractivity contribution >= 4 is 5.78 Å². The van der Waals surface area contributed by atoms with Crippen LogP contribution in [0.2, 0.25) is 0 Å². The topological polar surface area (TPSA) is 17.1 Å². The molecule has 90 valence electrons. The summed E-state index contributed by atoms with van der Waals surface area (Å²) in [6, 6.07) is 0. The van der Waals surface area contributed by atoms with E-state index in [2.05, 4.69) is 32.6 Å². The third kappa shape index (κ3) is 2.84. The van der Waals surface area contributed by atoms with Gasteiger partial charge in [-0.15, -0.1) is 6.58 Å². The molecule has 0 aromatic heterocycles. The molecular formula is C15H24O. The summed E-state index contributed by atoms with van der Waals surface area (Å²) in [5, 5.41) is 0. The third-order valence-corrected chi connectivity index (χ3v) is 4.04. The second-order valence-corrected chi connectivity index (χ2v) is 5.24. The van der Waals surface area contributed by atoms with Gasteiger partial charge in [-0.3, -0.25) is 0 Å². The SMILES string of the molecule is C=CCC1CC1(CC=CC)C(C)CC(C)=O. The zero-order valence-electron chi connectivity index (χ0n) is 10.8. The van der Waals surface area contributed by atoms with Crippen LogP contribution < -0.4 is 0 Å². The first-order valence-electron chi connectivity index (χ1n) is 6.28. The van der Waals surface area contributed by atoms with Crippen LogP contribution in [0.3, 0.4) is 0 Å². The van der Waals surface area contributed by atoms with Crippen molar-refractivity contribution < 1.29 is 4.79 Å². The van der Waals surface area contributed by atoms with Crippen LogP contribution in [0, 0.1) is 17.3 Å². The van der Waals surface area contributed by atoms with Gasteiger partial charge in [-0.05, 0) is 50.4 Å². The minimum atomic E-state index is 0.316. The van der Waals surface area contributed by atoms with Gasteiger partial charge in [-0.25, -0.2) is 0 Å². The Morgan fingerprint density at radius 3 is 2.81 bits per heavy atom. The van der Waals surface area contributed by atoms with Crippen molar-refractivity contribution in [1.29, 1.82) is 0 Å². The molecular weight excluding hydrogens is 196 g/mol. The average Bonchev–Trinajstić information content (AvgIpc) is 2.90. The van der Waals surface area contributed by atoms with Crippen molar-refractivity contribution in [2.24, 2.45) is 17.3 Å². The van der Waals surface area contributed by atoms with Crippen molar-refractivity contribution in [2.75, 3.05) is 0 Å². The van der Waals surface area contributed by atoms with Crippen molar-refractivity contribution in [1.82, 2.24) is 0 Å². The van der Waals surface area contributed by atoms with Crippen LogP contribution >= 0.6 is 0 Å². The second-order valence-electron chi connectivity index (χ2n) is 5.24. The fourth-order valence-corrected chi connectivity index (χ4v) is 2.95. The lowest BCUT2D eigenvalue weighted by atomic mass is 9.81. The Hall–Kier alpha value is -0.850. The van der Waals surface area contributed by atoms with E-state index in [0.717, 1.165) is 25.2 Å². The van der Waals surface area contributed by atoms with Gasteiger partial charge in [0.1, 0.15) is 5.78 Å². The van der Waals surface area contributed by atoms with Crippen LogP contribution in [-0.2, 0) is 4.79 Å². The molecule has 1 rings (SSSR count). The van der Waals surface area contributed by atoms with Gasteiger partial charge >= 0.3 is 0 Å². The van der Waals surface area contributed by atoms with Crippen LogP contribution in [0.15, 0.2) is 24.8 Å². The number of allylic oxidation sites excluding steroid dienone is 3. The minimum Gasteiger partial charge on any atom is -0.300 e. The Labute approximate surface area is 99.6 Å². The molecule has 0 aromatic rings. The van der Waals surface area contributed by atoms with E-state index in [4.69, 9.17) is 0 Å². The van der Waals surface area contributed by atoms with Gasteiger partial charge in [0.2, 0.25) is 0 Å². The molecule has 0 spiro atoms. The summed E-state index contributed by atoms with van der Waals surface area (Å²) in [7, 11) is 0. The van der Waals surface area contributed by atoms with Gasteiger partial charge in [0.05, 0.1) is 0 Å². The van der Waals surface area contributed by atoms with E-state index in [1.54, 1.807) is 6.92 Å². The molecule has 1 aliphatic rings. The molecule has 0 saturated heterocycles. The highest BCUT2D eigenvalue weighted by molar-refractivity contribution is 5.75. The molecule has 0 heterocycles. The fourth-order valence-electron chi connectivity index (χ4n) is 2.95. The van der Waals surface area contributed by atoms with Crippen LogP contribution in [0.25, 0.3) is 0 Å². The summed E-state index contributed by atoms with van der Waals surface area (Å²) in [5.74, 6) is 1.57. The summed E-state index contributed by atoms with van der Waals surface area (Å²) in [4.78, 5) is 11.2. The van der Waals surface area contributed by atoms with Gasteiger partial charge in [-0.1, -0.05) is 25.2 Å². The van der Waals surface area contributed by atoms with E-state index in [1.165, 1.54) is 6.42 Å². The maximum Gasteiger partial charge on any atom is 0.130 e. The Morgan fingerprint density at radius 1 is 1.62 bits per heavy atom. The number of Topliss-reactive ketones (excluding diaryl/α,β-unsaturated/α-hetero) is 1. The van der Waals surface area contributed by atoms with E-state index in [0.29, 0.717) is 17.1 Å². The molecule has 3 atom stereocenters. The van der Waals surface area contributed by atoms with E-state index in [9.17, 15) is 4.79 Å². The van der Waals surface area contributed by atoms with Gasteiger partial charge in [0, 0.05) is 6.42 Å². The number of rotatable bonds is 7. The molecule has 0 aromatic carbocycles. The Balaban J connectivity index is 2.65. The summed E-state index contributed by atoms with van der Waals surface area (Å²) >= 11 is 0. The molecule has 1 nitrogen and oxygen atoms in total. The quantitative estimate of drug-likeness (QED) is 0.589. The van der Waals surface area contributed by atoms with Gasteiger partial charge in [0.15, 0.2) is 0 Å². The van der Waals surface area contributed by atoms with Gasteiger partial charge in [0.25, 0.3) is 0 Å². The molecule has 0 radical (unpaired) electrons.